The molecule has 0 fully saturated rings. The van der Waals surface area contributed by atoms with Crippen LogP contribution in [0.25, 0.3) is 0 Å². The fourth-order valence-corrected chi connectivity index (χ4v) is 2.54. The van der Waals surface area contributed by atoms with E-state index in [9.17, 15) is 0 Å². The van der Waals surface area contributed by atoms with E-state index in [2.05, 4.69) is 42.9 Å². The summed E-state index contributed by atoms with van der Waals surface area (Å²) in [7, 11) is 0. The quantitative estimate of drug-likeness (QED) is 0.780. The minimum Gasteiger partial charge on any atom is -0.436 e. The molecule has 0 unspecified atom stereocenters. The van der Waals surface area contributed by atoms with Crippen molar-refractivity contribution in [2.45, 2.75) is 6.92 Å². The molecule has 0 saturated heterocycles. The van der Waals surface area contributed by atoms with Gasteiger partial charge in [-0.2, -0.15) is 5.26 Å². The van der Waals surface area contributed by atoms with Gasteiger partial charge < -0.3 is 4.74 Å². The van der Waals surface area contributed by atoms with Gasteiger partial charge in [-0.1, -0.05) is 15.9 Å². The molecular weight excluding hydrogens is 360 g/mol. The summed E-state index contributed by atoms with van der Waals surface area (Å²) in [5.74, 6) is 0.938. The first-order chi connectivity index (χ1) is 8.61. The van der Waals surface area contributed by atoms with E-state index in [1.807, 2.05) is 19.1 Å². The van der Waals surface area contributed by atoms with E-state index in [4.69, 9.17) is 10.00 Å². The molecule has 0 aliphatic rings. The summed E-state index contributed by atoms with van der Waals surface area (Å²) in [5, 5.41) is 9.10. The Morgan fingerprint density at radius 3 is 2.72 bits per heavy atom. The van der Waals surface area contributed by atoms with Gasteiger partial charge in [-0.05, 0) is 52.7 Å². The van der Waals surface area contributed by atoms with Crippen LogP contribution in [0.1, 0.15) is 11.1 Å². The summed E-state index contributed by atoms with van der Waals surface area (Å²) in [6, 6.07) is 9.42. The number of halogens is 2. The normalized spacial score (nSPS) is 9.89. The van der Waals surface area contributed by atoms with Crippen LogP contribution in [0, 0.1) is 18.3 Å². The van der Waals surface area contributed by atoms with Gasteiger partial charge in [-0.25, -0.2) is 4.98 Å². The lowest BCUT2D eigenvalue weighted by atomic mass is 10.2. The first-order valence-corrected chi connectivity index (χ1v) is 6.69. The summed E-state index contributed by atoms with van der Waals surface area (Å²) >= 11 is 6.77. The molecule has 0 aliphatic carbocycles. The van der Waals surface area contributed by atoms with Crippen LogP contribution in [-0.4, -0.2) is 4.98 Å². The monoisotopic (exact) mass is 366 g/mol. The lowest BCUT2D eigenvalue weighted by Gasteiger charge is -2.09. The number of ether oxygens (including phenoxy) is 1. The van der Waals surface area contributed by atoms with Crippen molar-refractivity contribution < 1.29 is 4.74 Å². The molecule has 1 aromatic carbocycles. The molecule has 0 bridgehead atoms. The Kier molecular flexibility index (Phi) is 4.00. The Hall–Kier alpha value is -1.38. The van der Waals surface area contributed by atoms with Gasteiger partial charge in [0.2, 0.25) is 5.88 Å². The third-order valence-corrected chi connectivity index (χ3v) is 3.45. The molecule has 0 atom stereocenters. The number of aryl methyl sites for hydroxylation is 1. The van der Waals surface area contributed by atoms with Crippen molar-refractivity contribution in [1.82, 2.24) is 4.98 Å². The fraction of sp³-hybridized carbons (Fsp3) is 0.0769. The molecule has 0 amide bonds. The third kappa shape index (κ3) is 2.71. The maximum atomic E-state index is 9.10. The van der Waals surface area contributed by atoms with E-state index >= 15 is 0 Å². The topological polar surface area (TPSA) is 45.9 Å². The first-order valence-electron chi connectivity index (χ1n) is 5.10. The number of hydrogen-bond acceptors (Lipinski definition) is 3. The molecule has 90 valence electrons. The number of rotatable bonds is 2. The van der Waals surface area contributed by atoms with Gasteiger partial charge in [0.25, 0.3) is 0 Å². The van der Waals surface area contributed by atoms with Crippen molar-refractivity contribution in [1.29, 1.82) is 5.26 Å². The Morgan fingerprint density at radius 1 is 1.28 bits per heavy atom. The van der Waals surface area contributed by atoms with Crippen molar-refractivity contribution in [3.8, 4) is 17.7 Å². The second-order valence-corrected chi connectivity index (χ2v) is 5.37. The highest BCUT2D eigenvalue weighted by atomic mass is 79.9. The van der Waals surface area contributed by atoms with Crippen LogP contribution in [0.4, 0.5) is 0 Å². The summed E-state index contributed by atoms with van der Waals surface area (Å²) in [6.45, 7) is 1.85. The van der Waals surface area contributed by atoms with Crippen LogP contribution in [0.15, 0.2) is 39.4 Å². The highest BCUT2D eigenvalue weighted by Gasteiger charge is 2.10. The molecule has 0 N–H and O–H groups in total. The molecule has 2 rings (SSSR count). The molecule has 0 spiro atoms. The van der Waals surface area contributed by atoms with E-state index in [0.29, 0.717) is 17.2 Å². The molecular formula is C13H8Br2N2O. The van der Waals surface area contributed by atoms with Crippen molar-refractivity contribution in [2.24, 2.45) is 0 Å². The molecule has 18 heavy (non-hydrogen) atoms. The highest BCUT2D eigenvalue weighted by Crippen LogP contribution is 2.32. The van der Waals surface area contributed by atoms with Crippen LogP contribution in [-0.2, 0) is 0 Å². The number of pyridine rings is 1. The van der Waals surface area contributed by atoms with Gasteiger partial charge in [0.1, 0.15) is 17.4 Å². The second kappa shape index (κ2) is 5.51. The second-order valence-electron chi connectivity index (χ2n) is 3.60. The minimum absolute atomic E-state index is 0.320. The summed E-state index contributed by atoms with van der Waals surface area (Å²) < 4.78 is 7.41. The zero-order valence-electron chi connectivity index (χ0n) is 9.45. The lowest BCUT2D eigenvalue weighted by molar-refractivity contribution is 0.458. The maximum Gasteiger partial charge on any atom is 0.237 e. The average Bonchev–Trinajstić information content (AvgIpc) is 2.33. The highest BCUT2D eigenvalue weighted by molar-refractivity contribution is 9.11. The van der Waals surface area contributed by atoms with Gasteiger partial charge in [0.15, 0.2) is 0 Å². The number of nitrogens with zero attached hydrogens (tertiary/aromatic N) is 2. The SMILES string of the molecule is Cc1ccnc(Oc2ccc(Br)cc2Br)c1C#N. The standard InChI is InChI=1S/C13H8Br2N2O/c1-8-4-5-17-13(10(8)7-16)18-12-3-2-9(14)6-11(12)15/h2-6H,1H3. The summed E-state index contributed by atoms with van der Waals surface area (Å²) in [5.41, 5.74) is 1.29. The smallest absolute Gasteiger partial charge is 0.237 e. The molecule has 1 aromatic heterocycles. The van der Waals surface area contributed by atoms with Crippen molar-refractivity contribution >= 4 is 31.9 Å². The third-order valence-electron chi connectivity index (χ3n) is 2.34. The molecule has 2 aromatic rings. The average molecular weight is 368 g/mol. The molecule has 5 heteroatoms. The van der Waals surface area contributed by atoms with Gasteiger partial charge in [-0.15, -0.1) is 0 Å². The van der Waals surface area contributed by atoms with Crippen LogP contribution < -0.4 is 4.74 Å². The number of benzene rings is 1. The predicted molar refractivity (Wildman–Crippen MR) is 75.6 cm³/mol. The van der Waals surface area contributed by atoms with Crippen LogP contribution in [0.5, 0.6) is 11.6 Å². The number of hydrogen-bond donors (Lipinski definition) is 0. The van der Waals surface area contributed by atoms with E-state index in [1.165, 1.54) is 0 Å². The molecule has 0 saturated carbocycles. The van der Waals surface area contributed by atoms with Gasteiger partial charge >= 0.3 is 0 Å². The van der Waals surface area contributed by atoms with Crippen LogP contribution >= 0.6 is 31.9 Å². The van der Waals surface area contributed by atoms with Crippen molar-refractivity contribution in [2.75, 3.05) is 0 Å². The fourth-order valence-electron chi connectivity index (χ4n) is 1.41. The largest absolute Gasteiger partial charge is 0.436 e. The maximum absolute atomic E-state index is 9.10. The Morgan fingerprint density at radius 2 is 2.06 bits per heavy atom. The first kappa shape index (κ1) is 13.1. The van der Waals surface area contributed by atoms with Crippen molar-refractivity contribution in [3.63, 3.8) is 0 Å². The van der Waals surface area contributed by atoms with E-state index in [0.717, 1.165) is 14.5 Å². The Labute approximate surface area is 122 Å². The van der Waals surface area contributed by atoms with Crippen LogP contribution in [0.3, 0.4) is 0 Å². The number of aromatic nitrogens is 1. The van der Waals surface area contributed by atoms with E-state index in [-0.39, 0.29) is 0 Å². The van der Waals surface area contributed by atoms with Crippen molar-refractivity contribution in [3.05, 3.63) is 50.5 Å². The van der Waals surface area contributed by atoms with E-state index in [1.54, 1.807) is 18.3 Å². The molecule has 3 nitrogen and oxygen atoms in total. The Bertz CT molecular complexity index is 635. The van der Waals surface area contributed by atoms with Crippen LogP contribution in [0.2, 0.25) is 0 Å². The predicted octanol–water partition coefficient (Wildman–Crippen LogP) is 4.58. The lowest BCUT2D eigenvalue weighted by Crippen LogP contribution is -1.94. The molecule has 0 aliphatic heterocycles. The van der Waals surface area contributed by atoms with Gasteiger partial charge in [-0.3, -0.25) is 0 Å². The molecule has 0 radical (unpaired) electrons. The zero-order valence-corrected chi connectivity index (χ0v) is 12.6. The minimum atomic E-state index is 0.320. The van der Waals surface area contributed by atoms with E-state index < -0.39 is 0 Å². The Balaban J connectivity index is 2.41. The number of nitriles is 1. The summed E-state index contributed by atoms with van der Waals surface area (Å²) in [6.07, 6.45) is 1.62. The molecule has 1 heterocycles. The zero-order chi connectivity index (χ0) is 13.1. The van der Waals surface area contributed by atoms with Gasteiger partial charge in [0.05, 0.1) is 4.47 Å². The van der Waals surface area contributed by atoms with Gasteiger partial charge in [0, 0.05) is 10.7 Å². The summed E-state index contributed by atoms with van der Waals surface area (Å²) in [4.78, 5) is 4.09.